The molecular formula is C18H16ClN3O2S2. The van der Waals surface area contributed by atoms with Gasteiger partial charge in [-0.2, -0.15) is 5.11 Å². The van der Waals surface area contributed by atoms with E-state index in [1.54, 1.807) is 25.1 Å². The number of rotatable bonds is 4. The van der Waals surface area contributed by atoms with E-state index in [1.165, 1.54) is 11.3 Å². The van der Waals surface area contributed by atoms with E-state index in [0.29, 0.717) is 27.0 Å². The molecule has 1 aromatic heterocycles. The Morgan fingerprint density at radius 1 is 1.35 bits per heavy atom. The molecule has 1 aromatic carbocycles. The van der Waals surface area contributed by atoms with Crippen LogP contribution >= 0.6 is 34.9 Å². The van der Waals surface area contributed by atoms with Gasteiger partial charge in [-0.25, -0.2) is 0 Å². The first kappa shape index (κ1) is 18.7. The number of amides is 1. The first-order valence-corrected chi connectivity index (χ1v) is 9.76. The number of allylic oxidation sites excluding steroid dienone is 1. The van der Waals surface area contributed by atoms with Crippen molar-refractivity contribution in [3.63, 3.8) is 0 Å². The molecule has 0 spiro atoms. The molecule has 0 radical (unpaired) electrons. The Kier molecular flexibility index (Phi) is 5.80. The van der Waals surface area contributed by atoms with Gasteiger partial charge in [0, 0.05) is 33.0 Å². The summed E-state index contributed by atoms with van der Waals surface area (Å²) in [5.74, 6) is 0.00450. The monoisotopic (exact) mass is 405 g/mol. The summed E-state index contributed by atoms with van der Waals surface area (Å²) in [6.07, 6.45) is 1.63. The highest BCUT2D eigenvalue weighted by atomic mass is 35.5. The highest BCUT2D eigenvalue weighted by Crippen LogP contribution is 2.37. The predicted octanol–water partition coefficient (Wildman–Crippen LogP) is 6.31. The van der Waals surface area contributed by atoms with Crippen molar-refractivity contribution in [3.05, 3.63) is 57.5 Å². The summed E-state index contributed by atoms with van der Waals surface area (Å²) in [6.45, 7) is 4.09. The fourth-order valence-corrected chi connectivity index (χ4v) is 4.11. The Morgan fingerprint density at radius 3 is 2.88 bits per heavy atom. The zero-order valence-corrected chi connectivity index (χ0v) is 16.5. The molecule has 5 nitrogen and oxygen atoms in total. The molecule has 0 unspecified atom stereocenters. The highest BCUT2D eigenvalue weighted by molar-refractivity contribution is 8.02. The average molecular weight is 406 g/mol. The van der Waals surface area contributed by atoms with E-state index < -0.39 is 0 Å². The van der Waals surface area contributed by atoms with E-state index in [2.05, 4.69) is 15.0 Å². The van der Waals surface area contributed by atoms with Gasteiger partial charge in [-0.1, -0.05) is 11.6 Å². The summed E-state index contributed by atoms with van der Waals surface area (Å²) < 4.78 is 3.85. The zero-order valence-electron chi connectivity index (χ0n) is 14.1. The highest BCUT2D eigenvalue weighted by Gasteiger charge is 2.18. The Morgan fingerprint density at radius 2 is 2.15 bits per heavy atom. The molecule has 2 N–H and O–H groups in total. The number of aliphatic hydroxyl groups excluding tert-OH is 1. The van der Waals surface area contributed by atoms with E-state index in [0.717, 1.165) is 28.0 Å². The lowest BCUT2D eigenvalue weighted by Gasteiger charge is -2.10. The fraction of sp³-hybridized carbons (Fsp3) is 0.167. The number of hydrogen-bond donors (Lipinski definition) is 2. The molecule has 0 fully saturated rings. The molecule has 0 bridgehead atoms. The molecular weight excluding hydrogens is 390 g/mol. The normalized spacial score (nSPS) is 14.7. The number of anilines is 1. The van der Waals surface area contributed by atoms with Gasteiger partial charge in [0.25, 0.3) is 5.91 Å². The van der Waals surface area contributed by atoms with Crippen LogP contribution in [0.5, 0.6) is 0 Å². The van der Waals surface area contributed by atoms with Crippen LogP contribution < -0.4 is 5.32 Å². The molecule has 26 heavy (non-hydrogen) atoms. The lowest BCUT2D eigenvalue weighted by molar-refractivity contribution is -0.112. The van der Waals surface area contributed by atoms with Gasteiger partial charge >= 0.3 is 0 Å². The van der Waals surface area contributed by atoms with Gasteiger partial charge in [0.2, 0.25) is 0 Å². The summed E-state index contributed by atoms with van der Waals surface area (Å²) >= 11 is 8.82. The smallest absolute Gasteiger partial charge is 0.264 e. The second-order valence-corrected chi connectivity index (χ2v) is 7.81. The van der Waals surface area contributed by atoms with Gasteiger partial charge in [-0.3, -0.25) is 4.79 Å². The third-order valence-electron chi connectivity index (χ3n) is 3.74. The van der Waals surface area contributed by atoms with Gasteiger partial charge in [0.1, 0.15) is 5.76 Å². The fourth-order valence-electron chi connectivity index (χ4n) is 2.35. The third-order valence-corrected chi connectivity index (χ3v) is 6.01. The van der Waals surface area contributed by atoms with Crippen LogP contribution in [0.25, 0.3) is 16.2 Å². The van der Waals surface area contributed by atoms with Crippen LogP contribution in [0.3, 0.4) is 0 Å². The summed E-state index contributed by atoms with van der Waals surface area (Å²) in [5.41, 5.74) is 2.40. The SMILES string of the molecule is C/C=C(\O)c1ccc(Cl)c(-c2ccc(NC(=O)C3=C(C)CN=NS3)s2)c1. The largest absolute Gasteiger partial charge is 0.508 e. The summed E-state index contributed by atoms with van der Waals surface area (Å²) in [7, 11) is 0. The minimum absolute atomic E-state index is 0.189. The van der Waals surface area contributed by atoms with E-state index in [4.69, 9.17) is 11.6 Å². The molecule has 134 valence electrons. The van der Waals surface area contributed by atoms with Crippen LogP contribution in [0.15, 0.2) is 56.5 Å². The molecule has 3 rings (SSSR count). The van der Waals surface area contributed by atoms with E-state index in [-0.39, 0.29) is 11.7 Å². The number of nitrogens with zero attached hydrogens (tertiary/aromatic N) is 2. The van der Waals surface area contributed by atoms with Crippen molar-refractivity contribution in [3.8, 4) is 10.4 Å². The van der Waals surface area contributed by atoms with Crippen LogP contribution in [0.2, 0.25) is 5.02 Å². The van der Waals surface area contributed by atoms with Crippen LogP contribution in [-0.2, 0) is 4.79 Å². The van der Waals surface area contributed by atoms with Crippen molar-refractivity contribution in [2.45, 2.75) is 13.8 Å². The van der Waals surface area contributed by atoms with E-state index in [1.807, 2.05) is 25.1 Å². The molecule has 0 atom stereocenters. The Bertz CT molecular complexity index is 948. The number of carbonyl (C=O) groups excluding carboxylic acids is 1. The van der Waals surface area contributed by atoms with E-state index >= 15 is 0 Å². The van der Waals surface area contributed by atoms with Crippen LogP contribution in [0, 0.1) is 0 Å². The average Bonchev–Trinajstić information content (AvgIpc) is 3.10. The molecule has 2 aromatic rings. The minimum Gasteiger partial charge on any atom is -0.508 e. The van der Waals surface area contributed by atoms with Crippen molar-refractivity contribution in [1.82, 2.24) is 0 Å². The Balaban J connectivity index is 1.83. The number of hydrogen-bond acceptors (Lipinski definition) is 6. The van der Waals surface area contributed by atoms with Crippen LogP contribution in [0.4, 0.5) is 5.00 Å². The second-order valence-electron chi connectivity index (χ2n) is 5.57. The third kappa shape index (κ3) is 4.00. The van der Waals surface area contributed by atoms with Gasteiger partial charge in [-0.15, -0.1) is 15.9 Å². The van der Waals surface area contributed by atoms with Gasteiger partial charge in [-0.05, 0) is 55.8 Å². The first-order chi connectivity index (χ1) is 12.5. The molecule has 1 aliphatic heterocycles. The zero-order chi connectivity index (χ0) is 18.7. The van der Waals surface area contributed by atoms with Gasteiger partial charge < -0.3 is 10.4 Å². The quantitative estimate of drug-likeness (QED) is 0.462. The maximum atomic E-state index is 12.4. The molecule has 2 heterocycles. The Hall–Kier alpha value is -2.09. The minimum atomic E-state index is -0.189. The van der Waals surface area contributed by atoms with Crippen molar-refractivity contribution in [2.24, 2.45) is 9.63 Å². The first-order valence-electron chi connectivity index (χ1n) is 7.80. The van der Waals surface area contributed by atoms with E-state index in [9.17, 15) is 9.90 Å². The summed E-state index contributed by atoms with van der Waals surface area (Å²) in [5, 5.41) is 18.0. The maximum absolute atomic E-state index is 12.4. The number of benzene rings is 1. The van der Waals surface area contributed by atoms with Crippen LogP contribution in [-0.4, -0.2) is 17.6 Å². The summed E-state index contributed by atoms with van der Waals surface area (Å²) in [6, 6.07) is 9.08. The topological polar surface area (TPSA) is 74.0 Å². The van der Waals surface area contributed by atoms with Crippen molar-refractivity contribution < 1.29 is 9.90 Å². The molecule has 1 aliphatic rings. The van der Waals surface area contributed by atoms with Crippen molar-refractivity contribution in [2.75, 3.05) is 11.9 Å². The van der Waals surface area contributed by atoms with Crippen molar-refractivity contribution >= 4 is 51.6 Å². The number of carbonyl (C=O) groups is 1. The molecule has 0 saturated heterocycles. The number of aliphatic hydroxyl groups is 1. The Labute approximate surface area is 164 Å². The predicted molar refractivity (Wildman–Crippen MR) is 110 cm³/mol. The standard InChI is InChI=1S/C18H16ClN3O2S2/c1-3-14(23)11-4-5-13(19)12(8-11)15-6-7-16(25-15)21-18(24)17-10(2)9-20-22-26-17/h3-8,23H,9H2,1-2H3,(H,21,24)/b14-3-. The second kappa shape index (κ2) is 8.07. The molecule has 8 heteroatoms. The number of nitrogens with one attached hydrogen (secondary N) is 1. The van der Waals surface area contributed by atoms with Crippen LogP contribution in [0.1, 0.15) is 19.4 Å². The lowest BCUT2D eigenvalue weighted by Crippen LogP contribution is -2.14. The van der Waals surface area contributed by atoms with Gasteiger partial charge in [0.15, 0.2) is 0 Å². The molecule has 0 aliphatic carbocycles. The maximum Gasteiger partial charge on any atom is 0.264 e. The van der Waals surface area contributed by atoms with Gasteiger partial charge in [0.05, 0.1) is 16.5 Å². The number of thiophene rings is 1. The molecule has 0 saturated carbocycles. The summed E-state index contributed by atoms with van der Waals surface area (Å²) in [4.78, 5) is 13.9. The number of halogens is 1. The molecule has 1 amide bonds. The lowest BCUT2D eigenvalue weighted by atomic mass is 10.1. The van der Waals surface area contributed by atoms with Crippen molar-refractivity contribution in [1.29, 1.82) is 0 Å².